The van der Waals surface area contributed by atoms with Crippen LogP contribution in [0, 0.1) is 20.8 Å². The third-order valence-electron chi connectivity index (χ3n) is 3.23. The molecule has 0 saturated heterocycles. The van der Waals surface area contributed by atoms with E-state index in [0.717, 1.165) is 29.1 Å². The van der Waals surface area contributed by atoms with Gasteiger partial charge in [0, 0.05) is 17.6 Å². The lowest BCUT2D eigenvalue weighted by molar-refractivity contribution is 0.111. The highest BCUT2D eigenvalue weighted by molar-refractivity contribution is 5.76. The largest absolute Gasteiger partial charge is 0.357 e. The lowest BCUT2D eigenvalue weighted by Gasteiger charge is -1.94. The summed E-state index contributed by atoms with van der Waals surface area (Å²) in [5.74, 6) is 0.691. The molecule has 18 heavy (non-hydrogen) atoms. The lowest BCUT2D eigenvalue weighted by Crippen LogP contribution is -1.87. The molecule has 0 aliphatic carbocycles. The molecule has 0 spiro atoms. The van der Waals surface area contributed by atoms with Crippen LogP contribution in [0.3, 0.4) is 0 Å². The first-order valence-corrected chi connectivity index (χ1v) is 5.79. The summed E-state index contributed by atoms with van der Waals surface area (Å²) in [6.07, 6.45) is 2.75. The van der Waals surface area contributed by atoms with Crippen LogP contribution >= 0.6 is 0 Å². The van der Waals surface area contributed by atoms with Crippen LogP contribution in [0.15, 0.2) is 12.3 Å². The van der Waals surface area contributed by atoms with E-state index in [1.165, 1.54) is 5.56 Å². The van der Waals surface area contributed by atoms with Crippen LogP contribution in [-0.2, 0) is 0 Å². The molecule has 3 heterocycles. The van der Waals surface area contributed by atoms with Gasteiger partial charge in [0.2, 0.25) is 5.78 Å². The molecule has 92 valence electrons. The molecule has 5 heteroatoms. The van der Waals surface area contributed by atoms with Crippen molar-refractivity contribution in [3.8, 4) is 11.4 Å². The Hall–Kier alpha value is -2.30. The summed E-state index contributed by atoms with van der Waals surface area (Å²) in [6.45, 7) is 5.97. The smallest absolute Gasteiger partial charge is 0.212 e. The maximum Gasteiger partial charge on any atom is 0.212 e. The van der Waals surface area contributed by atoms with E-state index in [1.807, 2.05) is 24.4 Å². The highest BCUT2D eigenvalue weighted by Gasteiger charge is 2.13. The molecule has 0 bridgehead atoms. The average molecular weight is 242 g/mol. The molecule has 0 radical (unpaired) electrons. The molecule has 3 aromatic rings. The second-order valence-electron chi connectivity index (χ2n) is 4.57. The van der Waals surface area contributed by atoms with Gasteiger partial charge in [-0.15, -0.1) is 0 Å². The van der Waals surface area contributed by atoms with Gasteiger partial charge in [-0.05, 0) is 32.4 Å². The van der Waals surface area contributed by atoms with E-state index < -0.39 is 0 Å². The molecule has 5 nitrogen and oxygen atoms in total. The van der Waals surface area contributed by atoms with E-state index in [-0.39, 0.29) is 0 Å². The van der Waals surface area contributed by atoms with Crippen molar-refractivity contribution in [1.82, 2.24) is 19.4 Å². The first-order chi connectivity index (χ1) is 8.60. The number of hydrogen-bond acceptors (Lipinski definition) is 2. The summed E-state index contributed by atoms with van der Waals surface area (Å²) in [5, 5.41) is 0. The molecular weight excluding hydrogens is 228 g/mol. The van der Waals surface area contributed by atoms with Crippen molar-refractivity contribution in [1.29, 1.82) is 0 Å². The van der Waals surface area contributed by atoms with Gasteiger partial charge < -0.3 is 9.97 Å². The molecule has 0 aromatic carbocycles. The number of H-pyrrole nitrogens is 2. The number of hydrogen-bond donors (Lipinski definition) is 2. The van der Waals surface area contributed by atoms with E-state index in [2.05, 4.69) is 27.9 Å². The van der Waals surface area contributed by atoms with Gasteiger partial charge in [0.1, 0.15) is 11.4 Å². The third-order valence-corrected chi connectivity index (χ3v) is 3.23. The Kier molecular flexibility index (Phi) is 2.16. The van der Waals surface area contributed by atoms with Crippen LogP contribution < -0.4 is 0 Å². The fraction of sp³-hybridized carbons (Fsp3) is 0.231. The van der Waals surface area contributed by atoms with Gasteiger partial charge in [-0.2, -0.15) is 0 Å². The van der Waals surface area contributed by atoms with Crippen molar-refractivity contribution in [2.24, 2.45) is 0 Å². The van der Waals surface area contributed by atoms with Crippen LogP contribution in [0.4, 0.5) is 0 Å². The van der Waals surface area contributed by atoms with Crippen LogP contribution in [0.5, 0.6) is 0 Å². The minimum atomic E-state index is 0.573. The maximum absolute atomic E-state index is 10.8. The highest BCUT2D eigenvalue weighted by atomic mass is 16.1. The number of rotatable bonds is 2. The molecule has 2 N–H and O–H groups in total. The first-order valence-electron chi connectivity index (χ1n) is 5.79. The molecular formula is C13H14N4O. The van der Waals surface area contributed by atoms with Crippen LogP contribution in [-0.4, -0.2) is 25.6 Å². The normalized spacial score (nSPS) is 11.3. The van der Waals surface area contributed by atoms with E-state index >= 15 is 0 Å². The number of nitrogens with one attached hydrogen (secondary N) is 2. The van der Waals surface area contributed by atoms with Gasteiger partial charge in [0.15, 0.2) is 6.29 Å². The van der Waals surface area contributed by atoms with Gasteiger partial charge >= 0.3 is 0 Å². The van der Waals surface area contributed by atoms with Crippen molar-refractivity contribution in [3.63, 3.8) is 0 Å². The van der Waals surface area contributed by atoms with Gasteiger partial charge in [-0.1, -0.05) is 0 Å². The topological polar surface area (TPSA) is 65.9 Å². The van der Waals surface area contributed by atoms with Crippen LogP contribution in [0.25, 0.3) is 17.2 Å². The molecule has 0 atom stereocenters. The average Bonchev–Trinajstić information content (AvgIpc) is 2.94. The van der Waals surface area contributed by atoms with Crippen molar-refractivity contribution in [3.05, 3.63) is 34.9 Å². The van der Waals surface area contributed by atoms with E-state index in [9.17, 15) is 4.79 Å². The number of aldehydes is 1. The van der Waals surface area contributed by atoms with Crippen LogP contribution in [0.2, 0.25) is 0 Å². The summed E-state index contributed by atoms with van der Waals surface area (Å²) in [5.41, 5.74) is 5.64. The van der Waals surface area contributed by atoms with E-state index in [1.54, 1.807) is 0 Å². The zero-order valence-corrected chi connectivity index (χ0v) is 10.5. The van der Waals surface area contributed by atoms with Gasteiger partial charge in [0.05, 0.1) is 5.69 Å². The minimum Gasteiger partial charge on any atom is -0.357 e. The fourth-order valence-corrected chi connectivity index (χ4v) is 2.29. The summed E-state index contributed by atoms with van der Waals surface area (Å²) in [6, 6.07) is 2.09. The Bertz CT molecular complexity index is 745. The van der Waals surface area contributed by atoms with Gasteiger partial charge in [-0.3, -0.25) is 9.20 Å². The monoisotopic (exact) mass is 242 g/mol. The van der Waals surface area contributed by atoms with Crippen LogP contribution in [0.1, 0.15) is 27.4 Å². The number of imidazole rings is 2. The Labute approximate surface area is 104 Å². The zero-order valence-electron chi connectivity index (χ0n) is 10.5. The molecule has 0 unspecified atom stereocenters. The zero-order chi connectivity index (χ0) is 12.9. The van der Waals surface area contributed by atoms with Crippen molar-refractivity contribution in [2.75, 3.05) is 0 Å². The Morgan fingerprint density at radius 1 is 1.28 bits per heavy atom. The van der Waals surface area contributed by atoms with Gasteiger partial charge in [0.25, 0.3) is 0 Å². The Morgan fingerprint density at radius 2 is 2.06 bits per heavy atom. The summed E-state index contributed by atoms with van der Waals surface area (Å²) in [4.78, 5) is 21.6. The number of carbonyl (C=O) groups excluding carboxylic acids is 1. The molecule has 3 rings (SSSR count). The standard InChI is InChI=1S/C13H14N4O/c1-7-4-8(2)14-12(7)10-5-17-9(3)11(6-18)16-13(17)15-10/h4-6,14H,1-3H3,(H,15,16). The first kappa shape index (κ1) is 10.8. The second-order valence-corrected chi connectivity index (χ2v) is 4.57. The summed E-state index contributed by atoms with van der Waals surface area (Å²) < 4.78 is 1.90. The maximum atomic E-state index is 10.8. The molecule has 0 saturated carbocycles. The Balaban J connectivity index is 2.20. The van der Waals surface area contributed by atoms with E-state index in [4.69, 9.17) is 0 Å². The second kappa shape index (κ2) is 3.60. The van der Waals surface area contributed by atoms with Crippen molar-refractivity contribution < 1.29 is 4.79 Å². The van der Waals surface area contributed by atoms with Crippen molar-refractivity contribution >= 4 is 12.1 Å². The van der Waals surface area contributed by atoms with Gasteiger partial charge in [-0.25, -0.2) is 4.98 Å². The number of nitrogens with zero attached hydrogens (tertiary/aromatic N) is 2. The fourth-order valence-electron chi connectivity index (χ4n) is 2.29. The summed E-state index contributed by atoms with van der Waals surface area (Å²) >= 11 is 0. The molecule has 0 fully saturated rings. The lowest BCUT2D eigenvalue weighted by atomic mass is 10.2. The number of aromatic amines is 2. The predicted octanol–water partition coefficient (Wildman–Crippen LogP) is 2.40. The third kappa shape index (κ3) is 1.40. The predicted molar refractivity (Wildman–Crippen MR) is 68.9 cm³/mol. The Morgan fingerprint density at radius 3 is 2.61 bits per heavy atom. The molecule has 3 aromatic heterocycles. The quantitative estimate of drug-likeness (QED) is 0.678. The SMILES string of the molecule is Cc1cc(C)c(-c2cn3c(C)c(C=O)[nH]c3n2)[nH]1. The number of carbonyl (C=O) groups is 1. The molecule has 0 aliphatic rings. The summed E-state index contributed by atoms with van der Waals surface area (Å²) in [7, 11) is 0. The number of aromatic nitrogens is 4. The highest BCUT2D eigenvalue weighted by Crippen LogP contribution is 2.23. The molecule has 0 amide bonds. The minimum absolute atomic E-state index is 0.573. The molecule has 0 aliphatic heterocycles. The van der Waals surface area contributed by atoms with Crippen molar-refractivity contribution in [2.45, 2.75) is 20.8 Å². The van der Waals surface area contributed by atoms with E-state index in [0.29, 0.717) is 11.5 Å². The number of fused-ring (bicyclic) bond motifs is 1. The number of aryl methyl sites for hydroxylation is 3.